The van der Waals surface area contributed by atoms with Crippen molar-refractivity contribution in [1.29, 1.82) is 5.26 Å². The highest BCUT2D eigenvalue weighted by Crippen LogP contribution is 2.16. The lowest BCUT2D eigenvalue weighted by Crippen LogP contribution is -2.47. The molecule has 1 aromatic rings. The highest BCUT2D eigenvalue weighted by Gasteiger charge is 2.23. The maximum absolute atomic E-state index is 12.2. The quantitative estimate of drug-likeness (QED) is 0.867. The highest BCUT2D eigenvalue weighted by atomic mass is 16.2. The van der Waals surface area contributed by atoms with E-state index in [-0.39, 0.29) is 18.0 Å². The Morgan fingerprint density at radius 2 is 1.95 bits per heavy atom. The van der Waals surface area contributed by atoms with Gasteiger partial charge in [0.2, 0.25) is 5.91 Å². The molecule has 0 bridgehead atoms. The summed E-state index contributed by atoms with van der Waals surface area (Å²) in [6, 6.07) is 8.89. The largest absolute Gasteiger partial charge is 0.353 e. The van der Waals surface area contributed by atoms with Crippen molar-refractivity contribution >= 4 is 17.6 Å². The SMILES string of the molecule is CC(=O)NC1CCN(C(=O)Nc2ccccc2C#N)CC1. The van der Waals surface area contributed by atoms with Crippen molar-refractivity contribution in [3.63, 3.8) is 0 Å². The first kappa shape index (κ1) is 14.9. The predicted octanol–water partition coefficient (Wildman–Crippen LogP) is 1.69. The number of rotatable bonds is 2. The standard InChI is InChI=1S/C15H18N4O2/c1-11(20)17-13-6-8-19(9-7-13)15(21)18-14-5-3-2-4-12(14)10-16/h2-5,13H,6-9H2,1H3,(H,17,20)(H,18,21). The molecule has 1 fully saturated rings. The number of nitriles is 1. The minimum atomic E-state index is -0.209. The van der Waals surface area contributed by atoms with Crippen molar-refractivity contribution < 1.29 is 9.59 Å². The average molecular weight is 286 g/mol. The predicted molar refractivity (Wildman–Crippen MR) is 78.6 cm³/mol. The van der Waals surface area contributed by atoms with Gasteiger partial charge in [0.15, 0.2) is 0 Å². The number of likely N-dealkylation sites (tertiary alicyclic amines) is 1. The van der Waals surface area contributed by atoms with Crippen LogP contribution in [0.2, 0.25) is 0 Å². The first-order valence-corrected chi connectivity index (χ1v) is 6.92. The third-order valence-corrected chi connectivity index (χ3v) is 3.48. The number of amides is 3. The summed E-state index contributed by atoms with van der Waals surface area (Å²) in [5.74, 6) is -0.0409. The van der Waals surface area contributed by atoms with Crippen molar-refractivity contribution in [2.24, 2.45) is 0 Å². The molecule has 2 rings (SSSR count). The Bertz CT molecular complexity index is 571. The van der Waals surface area contributed by atoms with Gasteiger partial charge in [0.05, 0.1) is 11.3 Å². The molecule has 6 heteroatoms. The molecule has 0 saturated carbocycles. The molecule has 1 aliphatic heterocycles. The molecule has 0 radical (unpaired) electrons. The molecule has 21 heavy (non-hydrogen) atoms. The number of anilines is 1. The van der Waals surface area contributed by atoms with E-state index in [2.05, 4.69) is 16.7 Å². The topological polar surface area (TPSA) is 85.2 Å². The monoisotopic (exact) mass is 286 g/mol. The maximum Gasteiger partial charge on any atom is 0.321 e. The normalized spacial score (nSPS) is 15.1. The van der Waals surface area contributed by atoms with E-state index in [0.29, 0.717) is 24.3 Å². The number of piperidine rings is 1. The number of urea groups is 1. The first-order chi connectivity index (χ1) is 10.1. The third kappa shape index (κ3) is 3.96. The number of hydrogen-bond donors (Lipinski definition) is 2. The summed E-state index contributed by atoms with van der Waals surface area (Å²) >= 11 is 0. The lowest BCUT2D eigenvalue weighted by atomic mass is 10.1. The summed E-state index contributed by atoms with van der Waals surface area (Å²) in [6.45, 7) is 2.68. The van der Waals surface area contributed by atoms with Crippen LogP contribution in [-0.4, -0.2) is 36.0 Å². The van der Waals surface area contributed by atoms with E-state index in [1.54, 1.807) is 29.2 Å². The first-order valence-electron chi connectivity index (χ1n) is 6.92. The summed E-state index contributed by atoms with van der Waals surface area (Å²) in [5.41, 5.74) is 0.966. The van der Waals surface area contributed by atoms with E-state index in [9.17, 15) is 9.59 Å². The van der Waals surface area contributed by atoms with Crippen LogP contribution in [-0.2, 0) is 4.79 Å². The van der Waals surface area contributed by atoms with Gasteiger partial charge < -0.3 is 15.5 Å². The van der Waals surface area contributed by atoms with E-state index in [0.717, 1.165) is 12.8 Å². The van der Waals surface area contributed by atoms with E-state index >= 15 is 0 Å². The second kappa shape index (κ2) is 6.75. The van der Waals surface area contributed by atoms with Crippen molar-refractivity contribution in [3.05, 3.63) is 29.8 Å². The van der Waals surface area contributed by atoms with Crippen LogP contribution in [0.15, 0.2) is 24.3 Å². The number of hydrogen-bond acceptors (Lipinski definition) is 3. The van der Waals surface area contributed by atoms with Crippen molar-refractivity contribution in [3.8, 4) is 6.07 Å². The molecule has 0 atom stereocenters. The highest BCUT2D eigenvalue weighted by molar-refractivity contribution is 5.90. The third-order valence-electron chi connectivity index (χ3n) is 3.48. The van der Waals surface area contributed by atoms with Gasteiger partial charge in [-0.25, -0.2) is 4.79 Å². The molecule has 1 saturated heterocycles. The average Bonchev–Trinajstić information content (AvgIpc) is 2.48. The second-order valence-corrected chi connectivity index (χ2v) is 5.05. The Labute approximate surface area is 123 Å². The van der Waals surface area contributed by atoms with E-state index < -0.39 is 0 Å². The summed E-state index contributed by atoms with van der Waals surface area (Å²) in [6.07, 6.45) is 1.49. The number of carbonyl (C=O) groups is 2. The molecule has 6 nitrogen and oxygen atoms in total. The molecule has 0 unspecified atom stereocenters. The van der Waals surface area contributed by atoms with Gasteiger partial charge in [-0.2, -0.15) is 5.26 Å². The molecule has 1 heterocycles. The van der Waals surface area contributed by atoms with Crippen LogP contribution in [0, 0.1) is 11.3 Å². The molecular formula is C15H18N4O2. The zero-order valence-electron chi connectivity index (χ0n) is 11.9. The van der Waals surface area contributed by atoms with Crippen LogP contribution in [0.3, 0.4) is 0 Å². The summed E-state index contributed by atoms with van der Waals surface area (Å²) < 4.78 is 0. The number of carbonyl (C=O) groups excluding carboxylic acids is 2. The molecule has 2 N–H and O–H groups in total. The lowest BCUT2D eigenvalue weighted by Gasteiger charge is -2.32. The molecule has 110 valence electrons. The zero-order chi connectivity index (χ0) is 15.2. The van der Waals surface area contributed by atoms with E-state index in [1.165, 1.54) is 6.92 Å². The van der Waals surface area contributed by atoms with Crippen molar-refractivity contribution in [2.45, 2.75) is 25.8 Å². The zero-order valence-corrected chi connectivity index (χ0v) is 11.9. The summed E-state index contributed by atoms with van der Waals surface area (Å²) in [7, 11) is 0. The van der Waals surface area contributed by atoms with Gasteiger partial charge in [0, 0.05) is 26.1 Å². The number of para-hydroxylation sites is 1. The number of nitrogens with zero attached hydrogens (tertiary/aromatic N) is 2. The minimum absolute atomic E-state index is 0.0409. The Morgan fingerprint density at radius 3 is 2.57 bits per heavy atom. The molecule has 1 aromatic carbocycles. The van der Waals surface area contributed by atoms with Crippen LogP contribution in [0.5, 0.6) is 0 Å². The Kier molecular flexibility index (Phi) is 4.77. The van der Waals surface area contributed by atoms with Gasteiger partial charge >= 0.3 is 6.03 Å². The fourth-order valence-corrected chi connectivity index (χ4v) is 2.40. The minimum Gasteiger partial charge on any atom is -0.353 e. The van der Waals surface area contributed by atoms with Crippen LogP contribution >= 0.6 is 0 Å². The van der Waals surface area contributed by atoms with E-state index in [1.807, 2.05) is 0 Å². The number of benzene rings is 1. The molecule has 3 amide bonds. The molecule has 0 aliphatic carbocycles. The lowest BCUT2D eigenvalue weighted by molar-refractivity contribution is -0.119. The Balaban J connectivity index is 1.91. The summed E-state index contributed by atoms with van der Waals surface area (Å²) in [5, 5.41) is 14.6. The van der Waals surface area contributed by atoms with Crippen molar-refractivity contribution in [1.82, 2.24) is 10.2 Å². The van der Waals surface area contributed by atoms with Crippen molar-refractivity contribution in [2.75, 3.05) is 18.4 Å². The van der Waals surface area contributed by atoms with Gasteiger partial charge in [0.25, 0.3) is 0 Å². The fourth-order valence-electron chi connectivity index (χ4n) is 2.40. The molecule has 0 spiro atoms. The van der Waals surface area contributed by atoms with Gasteiger partial charge in [-0.3, -0.25) is 4.79 Å². The van der Waals surface area contributed by atoms with Gasteiger partial charge in [0.1, 0.15) is 6.07 Å². The maximum atomic E-state index is 12.2. The van der Waals surface area contributed by atoms with Gasteiger partial charge in [-0.05, 0) is 25.0 Å². The summed E-state index contributed by atoms with van der Waals surface area (Å²) in [4.78, 5) is 24.9. The Hall–Kier alpha value is -2.55. The van der Waals surface area contributed by atoms with Crippen LogP contribution in [0.1, 0.15) is 25.3 Å². The van der Waals surface area contributed by atoms with Crippen LogP contribution in [0.25, 0.3) is 0 Å². The Morgan fingerprint density at radius 1 is 1.29 bits per heavy atom. The smallest absolute Gasteiger partial charge is 0.321 e. The van der Waals surface area contributed by atoms with E-state index in [4.69, 9.17) is 5.26 Å². The molecular weight excluding hydrogens is 268 g/mol. The number of nitrogens with one attached hydrogen (secondary N) is 2. The van der Waals surface area contributed by atoms with Crippen LogP contribution in [0.4, 0.5) is 10.5 Å². The fraction of sp³-hybridized carbons (Fsp3) is 0.400. The van der Waals surface area contributed by atoms with Crippen LogP contribution < -0.4 is 10.6 Å². The molecule has 0 aromatic heterocycles. The van der Waals surface area contributed by atoms with Gasteiger partial charge in [-0.15, -0.1) is 0 Å². The van der Waals surface area contributed by atoms with Gasteiger partial charge in [-0.1, -0.05) is 12.1 Å². The second-order valence-electron chi connectivity index (χ2n) is 5.05. The molecule has 1 aliphatic rings.